The highest BCUT2D eigenvalue weighted by atomic mass is 32.2. The number of esters is 1. The van der Waals surface area contributed by atoms with Gasteiger partial charge in [-0.15, -0.1) is 0 Å². The van der Waals surface area contributed by atoms with Gasteiger partial charge in [-0.1, -0.05) is 0 Å². The number of halogens is 3. The summed E-state index contributed by atoms with van der Waals surface area (Å²) in [6, 6.07) is 0. The Morgan fingerprint density at radius 2 is 1.78 bits per heavy atom. The lowest BCUT2D eigenvalue weighted by molar-refractivity contribution is -0.167. The second-order valence-corrected chi connectivity index (χ2v) is 9.08. The third-order valence-electron chi connectivity index (χ3n) is 4.36. The minimum absolute atomic E-state index is 0.105. The number of hydrogen-bond acceptors (Lipinski definition) is 8. The second kappa shape index (κ2) is 7.14. The van der Waals surface area contributed by atoms with E-state index in [1.54, 1.807) is 27.7 Å². The van der Waals surface area contributed by atoms with E-state index in [1.807, 2.05) is 0 Å². The van der Waals surface area contributed by atoms with E-state index >= 15 is 0 Å². The summed E-state index contributed by atoms with van der Waals surface area (Å²) in [6.45, 7) is 6.74. The number of alkyl halides is 3. The van der Waals surface area contributed by atoms with Crippen LogP contribution in [0.3, 0.4) is 0 Å². The molecule has 0 radical (unpaired) electrons. The van der Waals surface area contributed by atoms with Crippen molar-refractivity contribution in [3.8, 4) is 0 Å². The number of rotatable bonds is 5. The summed E-state index contributed by atoms with van der Waals surface area (Å²) in [5, 5.41) is 0. The Hall–Kier alpha value is -0.950. The third-order valence-corrected chi connectivity index (χ3v) is 5.39. The van der Waals surface area contributed by atoms with Crippen molar-refractivity contribution in [2.75, 3.05) is 13.7 Å². The molecular formula is C15H23F3O8S. The molecule has 2 heterocycles. The molecule has 0 amide bonds. The smallest absolute Gasteiger partial charge is 0.467 e. The summed E-state index contributed by atoms with van der Waals surface area (Å²) in [5.74, 6) is -2.88. The molecule has 0 aromatic rings. The van der Waals surface area contributed by atoms with Crippen LogP contribution in [0.15, 0.2) is 0 Å². The summed E-state index contributed by atoms with van der Waals surface area (Å²) in [4.78, 5) is 12.1. The monoisotopic (exact) mass is 420 g/mol. The molecule has 0 spiro atoms. The van der Waals surface area contributed by atoms with Gasteiger partial charge < -0.3 is 18.9 Å². The molecule has 158 valence electrons. The van der Waals surface area contributed by atoms with Crippen LogP contribution in [0, 0.1) is 5.92 Å². The molecule has 0 saturated carbocycles. The molecule has 2 fully saturated rings. The molecule has 12 heteroatoms. The first-order valence-corrected chi connectivity index (χ1v) is 9.56. The first-order chi connectivity index (χ1) is 12.1. The Balaban J connectivity index is 2.35. The molecule has 2 saturated heterocycles. The summed E-state index contributed by atoms with van der Waals surface area (Å²) in [6.07, 6.45) is -3.83. The highest BCUT2D eigenvalue weighted by Gasteiger charge is 2.57. The molecule has 0 bridgehead atoms. The molecule has 0 aromatic carbocycles. The van der Waals surface area contributed by atoms with Crippen LogP contribution in [0.4, 0.5) is 13.2 Å². The maximum Gasteiger partial charge on any atom is 0.523 e. The predicted molar refractivity (Wildman–Crippen MR) is 83.8 cm³/mol. The van der Waals surface area contributed by atoms with E-state index < -0.39 is 57.2 Å². The predicted octanol–water partition coefficient (Wildman–Crippen LogP) is 1.73. The van der Waals surface area contributed by atoms with Gasteiger partial charge >= 0.3 is 21.6 Å². The Bertz CT molecular complexity index is 673. The average molecular weight is 420 g/mol. The fourth-order valence-electron chi connectivity index (χ4n) is 3.28. The van der Waals surface area contributed by atoms with Gasteiger partial charge in [-0.3, -0.25) is 0 Å². The van der Waals surface area contributed by atoms with Crippen molar-refractivity contribution in [1.29, 1.82) is 0 Å². The molecule has 2 rings (SSSR count). The van der Waals surface area contributed by atoms with Gasteiger partial charge in [0, 0.05) is 5.92 Å². The van der Waals surface area contributed by atoms with Crippen molar-refractivity contribution in [3.05, 3.63) is 0 Å². The molecule has 2 aliphatic rings. The SMILES string of the molecule is COC(=O)[C@H](OS(=O)(=O)C(F)(F)F)[C@H]1OC(C)(C)C[C@@H]1[C@H]1COC(C)(C)O1. The van der Waals surface area contributed by atoms with Crippen molar-refractivity contribution < 1.29 is 49.5 Å². The fourth-order valence-corrected chi connectivity index (χ4v) is 3.85. The Morgan fingerprint density at radius 3 is 2.22 bits per heavy atom. The number of carbonyl (C=O) groups excluding carboxylic acids is 1. The standard InChI is InChI=1S/C15H23F3O8S/c1-13(2)6-8(9-7-23-14(3,4)24-9)10(25-13)11(12(19)22-5)26-27(20,21)15(16,17)18/h8-11H,6-7H2,1-5H3/t8-,9-,10+,11-/m1/s1. The lowest BCUT2D eigenvalue weighted by atomic mass is 9.87. The average Bonchev–Trinajstić information content (AvgIpc) is 3.01. The van der Waals surface area contributed by atoms with Crippen molar-refractivity contribution >= 4 is 16.1 Å². The van der Waals surface area contributed by atoms with E-state index in [9.17, 15) is 26.4 Å². The van der Waals surface area contributed by atoms with Crippen molar-refractivity contribution in [2.24, 2.45) is 5.92 Å². The Kier molecular flexibility index (Phi) is 5.91. The van der Waals surface area contributed by atoms with Crippen LogP contribution in [0.25, 0.3) is 0 Å². The normalized spacial score (nSPS) is 31.6. The summed E-state index contributed by atoms with van der Waals surface area (Å²) < 4.78 is 86.8. The van der Waals surface area contributed by atoms with Gasteiger partial charge in [0.05, 0.1) is 25.4 Å². The third kappa shape index (κ3) is 4.91. The van der Waals surface area contributed by atoms with Gasteiger partial charge in [0.1, 0.15) is 6.10 Å². The topological polar surface area (TPSA) is 97.4 Å². The van der Waals surface area contributed by atoms with Crippen LogP contribution >= 0.6 is 0 Å². The zero-order chi connectivity index (χ0) is 20.8. The summed E-state index contributed by atoms with van der Waals surface area (Å²) in [7, 11) is -5.14. The Morgan fingerprint density at radius 1 is 1.19 bits per heavy atom. The Labute approximate surface area is 155 Å². The molecule has 0 aliphatic carbocycles. The van der Waals surface area contributed by atoms with Gasteiger partial charge in [-0.25, -0.2) is 8.98 Å². The highest BCUT2D eigenvalue weighted by molar-refractivity contribution is 7.87. The van der Waals surface area contributed by atoms with Gasteiger partial charge in [0.15, 0.2) is 5.79 Å². The molecule has 0 aromatic heterocycles. The van der Waals surface area contributed by atoms with E-state index in [0.717, 1.165) is 7.11 Å². The first-order valence-electron chi connectivity index (χ1n) is 8.15. The fraction of sp³-hybridized carbons (Fsp3) is 0.933. The van der Waals surface area contributed by atoms with Crippen molar-refractivity contribution in [3.63, 3.8) is 0 Å². The number of carbonyl (C=O) groups is 1. The highest BCUT2D eigenvalue weighted by Crippen LogP contribution is 2.43. The molecule has 8 nitrogen and oxygen atoms in total. The van der Waals surface area contributed by atoms with Crippen molar-refractivity contribution in [2.45, 2.75) is 69.3 Å². The van der Waals surface area contributed by atoms with E-state index in [2.05, 4.69) is 8.92 Å². The van der Waals surface area contributed by atoms with Gasteiger partial charge in [-0.05, 0) is 34.1 Å². The van der Waals surface area contributed by atoms with Crippen LogP contribution < -0.4 is 0 Å². The van der Waals surface area contributed by atoms with Crippen LogP contribution in [-0.2, 0) is 38.0 Å². The lowest BCUT2D eigenvalue weighted by Gasteiger charge is -2.29. The minimum atomic E-state index is -6.05. The number of hydrogen-bond donors (Lipinski definition) is 0. The van der Waals surface area contributed by atoms with E-state index in [4.69, 9.17) is 14.2 Å². The van der Waals surface area contributed by atoms with Gasteiger partial charge in [0.2, 0.25) is 6.10 Å². The van der Waals surface area contributed by atoms with E-state index in [1.165, 1.54) is 0 Å². The molecule has 0 N–H and O–H groups in total. The lowest BCUT2D eigenvalue weighted by Crippen LogP contribution is -2.47. The quantitative estimate of drug-likeness (QED) is 0.377. The molecule has 0 unspecified atom stereocenters. The van der Waals surface area contributed by atoms with Gasteiger partial charge in [0.25, 0.3) is 0 Å². The van der Waals surface area contributed by atoms with E-state index in [0.29, 0.717) is 0 Å². The molecule has 4 atom stereocenters. The summed E-state index contributed by atoms with van der Waals surface area (Å²) >= 11 is 0. The molecule has 2 aliphatic heterocycles. The number of methoxy groups -OCH3 is 1. The van der Waals surface area contributed by atoms with Crippen LogP contribution in [0.5, 0.6) is 0 Å². The molecular weight excluding hydrogens is 397 g/mol. The van der Waals surface area contributed by atoms with E-state index in [-0.39, 0.29) is 13.0 Å². The van der Waals surface area contributed by atoms with Crippen LogP contribution in [0.1, 0.15) is 34.1 Å². The maximum absolute atomic E-state index is 12.7. The zero-order valence-corrected chi connectivity index (χ0v) is 16.3. The van der Waals surface area contributed by atoms with Gasteiger partial charge in [-0.2, -0.15) is 21.6 Å². The second-order valence-electron chi connectivity index (χ2n) is 7.52. The minimum Gasteiger partial charge on any atom is -0.467 e. The number of ether oxygens (including phenoxy) is 4. The largest absolute Gasteiger partial charge is 0.523 e. The van der Waals surface area contributed by atoms with Crippen LogP contribution in [-0.4, -0.2) is 63.3 Å². The first kappa shape index (κ1) is 22.3. The van der Waals surface area contributed by atoms with Crippen LogP contribution in [0.2, 0.25) is 0 Å². The zero-order valence-electron chi connectivity index (χ0n) is 15.5. The summed E-state index contributed by atoms with van der Waals surface area (Å²) in [5.41, 5.74) is -6.55. The van der Waals surface area contributed by atoms with Crippen molar-refractivity contribution in [1.82, 2.24) is 0 Å². The molecule has 27 heavy (non-hydrogen) atoms. The maximum atomic E-state index is 12.7.